The SMILES string of the molecule is CC(C)(C)[C@@H]1COC(c2ccccc2P(c2ccccc2)c2ccccc2C2=N[C@@H](C(C)(C)C)CO2)=N1. The van der Waals surface area contributed by atoms with Crippen molar-refractivity contribution >= 4 is 35.6 Å². The molecular weight excluding hydrogens is 475 g/mol. The summed E-state index contributed by atoms with van der Waals surface area (Å²) in [7, 11) is -0.926. The fourth-order valence-corrected chi connectivity index (χ4v) is 7.19. The van der Waals surface area contributed by atoms with Gasteiger partial charge in [0.25, 0.3) is 0 Å². The number of benzene rings is 3. The Morgan fingerprint density at radius 3 is 1.41 bits per heavy atom. The molecule has 5 heteroatoms. The third kappa shape index (κ3) is 5.36. The molecule has 0 radical (unpaired) electrons. The van der Waals surface area contributed by atoms with Crippen LogP contribution in [-0.4, -0.2) is 37.1 Å². The number of hydrogen-bond donors (Lipinski definition) is 0. The summed E-state index contributed by atoms with van der Waals surface area (Å²) >= 11 is 0. The van der Waals surface area contributed by atoms with Crippen LogP contribution in [0.15, 0.2) is 88.8 Å². The van der Waals surface area contributed by atoms with Crippen molar-refractivity contribution in [1.82, 2.24) is 0 Å². The highest BCUT2D eigenvalue weighted by atomic mass is 31.1. The monoisotopic (exact) mass is 512 g/mol. The van der Waals surface area contributed by atoms with Crippen LogP contribution in [0.1, 0.15) is 52.7 Å². The highest BCUT2D eigenvalue weighted by Gasteiger charge is 2.35. The van der Waals surface area contributed by atoms with Gasteiger partial charge >= 0.3 is 0 Å². The van der Waals surface area contributed by atoms with Gasteiger partial charge in [-0.1, -0.05) is 108 Å². The Bertz CT molecular complexity index is 1230. The molecule has 3 atom stereocenters. The highest BCUT2D eigenvalue weighted by Crippen LogP contribution is 2.38. The van der Waals surface area contributed by atoms with Crippen LogP contribution in [-0.2, 0) is 9.47 Å². The van der Waals surface area contributed by atoms with Crippen molar-refractivity contribution in [3.8, 4) is 0 Å². The number of rotatable bonds is 5. The third-order valence-electron chi connectivity index (χ3n) is 7.07. The third-order valence-corrected chi connectivity index (χ3v) is 9.62. The predicted octanol–water partition coefficient (Wildman–Crippen LogP) is 5.83. The van der Waals surface area contributed by atoms with Crippen LogP contribution in [0.2, 0.25) is 0 Å². The molecule has 4 nitrogen and oxygen atoms in total. The van der Waals surface area contributed by atoms with Gasteiger partial charge in [0.15, 0.2) is 0 Å². The van der Waals surface area contributed by atoms with E-state index in [1.54, 1.807) is 0 Å². The number of hydrogen-bond acceptors (Lipinski definition) is 4. The van der Waals surface area contributed by atoms with Crippen LogP contribution in [0, 0.1) is 10.8 Å². The summed E-state index contributed by atoms with van der Waals surface area (Å²) in [6, 6.07) is 28.2. The van der Waals surface area contributed by atoms with Gasteiger partial charge in [-0.2, -0.15) is 0 Å². The van der Waals surface area contributed by atoms with E-state index in [9.17, 15) is 0 Å². The fraction of sp³-hybridized carbons (Fsp3) is 0.375. The van der Waals surface area contributed by atoms with Gasteiger partial charge in [0.05, 0.1) is 12.1 Å². The van der Waals surface area contributed by atoms with Crippen molar-refractivity contribution in [2.75, 3.05) is 13.2 Å². The van der Waals surface area contributed by atoms with Gasteiger partial charge < -0.3 is 9.47 Å². The summed E-state index contributed by atoms with van der Waals surface area (Å²) in [5, 5.41) is 3.74. The maximum atomic E-state index is 6.23. The predicted molar refractivity (Wildman–Crippen MR) is 157 cm³/mol. The van der Waals surface area contributed by atoms with Crippen molar-refractivity contribution in [3.05, 3.63) is 90.0 Å². The number of ether oxygens (including phenoxy) is 2. The molecule has 0 spiro atoms. The molecule has 2 aliphatic heterocycles. The van der Waals surface area contributed by atoms with E-state index in [0.717, 1.165) is 22.9 Å². The first-order valence-corrected chi connectivity index (χ1v) is 14.4. The Labute approximate surface area is 222 Å². The van der Waals surface area contributed by atoms with Gasteiger partial charge in [0.2, 0.25) is 11.8 Å². The zero-order valence-corrected chi connectivity index (χ0v) is 23.6. The molecule has 0 fully saturated rings. The van der Waals surface area contributed by atoms with E-state index in [-0.39, 0.29) is 22.9 Å². The second-order valence-corrected chi connectivity index (χ2v) is 14.1. The average Bonchev–Trinajstić information content (AvgIpc) is 3.56. The summed E-state index contributed by atoms with van der Waals surface area (Å²) in [6.45, 7) is 14.6. The van der Waals surface area contributed by atoms with Gasteiger partial charge in [-0.3, -0.25) is 0 Å². The van der Waals surface area contributed by atoms with Gasteiger partial charge in [0, 0.05) is 11.1 Å². The molecule has 2 heterocycles. The van der Waals surface area contributed by atoms with Crippen molar-refractivity contribution < 1.29 is 9.47 Å². The Balaban J connectivity index is 1.66. The normalized spacial score (nSPS) is 20.6. The second kappa shape index (κ2) is 10.1. The number of nitrogens with zero attached hydrogens (tertiary/aromatic N) is 2. The first kappa shape index (κ1) is 25.7. The first-order chi connectivity index (χ1) is 17.6. The van der Waals surface area contributed by atoms with Crippen molar-refractivity contribution in [2.45, 2.75) is 53.6 Å². The van der Waals surface area contributed by atoms with Crippen LogP contribution in [0.3, 0.4) is 0 Å². The molecule has 3 aromatic carbocycles. The minimum absolute atomic E-state index is 0.0506. The van der Waals surface area contributed by atoms with Crippen LogP contribution >= 0.6 is 7.92 Å². The van der Waals surface area contributed by atoms with Crippen molar-refractivity contribution in [2.24, 2.45) is 20.8 Å². The Hall–Kier alpha value is -2.97. The molecule has 0 bridgehead atoms. The molecule has 0 saturated carbocycles. The molecular formula is C32H37N2O2P. The lowest BCUT2D eigenvalue weighted by molar-refractivity contribution is 0.235. The van der Waals surface area contributed by atoms with E-state index >= 15 is 0 Å². The van der Waals surface area contributed by atoms with Crippen molar-refractivity contribution in [3.63, 3.8) is 0 Å². The van der Waals surface area contributed by atoms with E-state index < -0.39 is 7.92 Å². The molecule has 5 rings (SSSR count). The minimum atomic E-state index is -0.926. The van der Waals surface area contributed by atoms with E-state index in [1.807, 2.05) is 0 Å². The molecule has 3 aromatic rings. The summed E-state index contributed by atoms with van der Waals surface area (Å²) in [5.41, 5.74) is 2.24. The molecule has 0 saturated heterocycles. The quantitative estimate of drug-likeness (QED) is 0.404. The van der Waals surface area contributed by atoms with Gasteiger partial charge in [0.1, 0.15) is 13.2 Å². The largest absolute Gasteiger partial charge is 0.475 e. The van der Waals surface area contributed by atoms with Crippen molar-refractivity contribution in [1.29, 1.82) is 0 Å². The van der Waals surface area contributed by atoms with E-state index in [4.69, 9.17) is 19.5 Å². The molecule has 37 heavy (non-hydrogen) atoms. The van der Waals surface area contributed by atoms with Gasteiger partial charge in [-0.05, 0) is 46.8 Å². The molecule has 2 aliphatic rings. The smallest absolute Gasteiger partial charge is 0.217 e. The first-order valence-electron chi connectivity index (χ1n) is 13.1. The van der Waals surface area contributed by atoms with E-state index in [0.29, 0.717) is 13.2 Å². The number of aliphatic imine (C=N–C) groups is 2. The highest BCUT2D eigenvalue weighted by molar-refractivity contribution is 7.80. The second-order valence-electron chi connectivity index (χ2n) is 12.0. The fourth-order valence-electron chi connectivity index (χ4n) is 4.61. The van der Waals surface area contributed by atoms with E-state index in [1.165, 1.54) is 15.9 Å². The zero-order valence-electron chi connectivity index (χ0n) is 22.7. The van der Waals surface area contributed by atoms with Crippen LogP contribution in [0.5, 0.6) is 0 Å². The van der Waals surface area contributed by atoms with Gasteiger partial charge in [-0.15, -0.1) is 0 Å². The maximum absolute atomic E-state index is 6.23. The maximum Gasteiger partial charge on any atom is 0.217 e. The Morgan fingerprint density at radius 1 is 0.595 bits per heavy atom. The molecule has 192 valence electrons. The average molecular weight is 513 g/mol. The molecule has 0 amide bonds. The lowest BCUT2D eigenvalue weighted by atomic mass is 9.88. The standard InChI is InChI=1S/C32H37N2O2P/c1-31(2,3)27-20-35-29(33-27)23-16-10-12-18-25(23)37(22-14-8-7-9-15-22)26-19-13-11-17-24(26)30-34-28(21-36-30)32(4,5)6/h7-19,27-28H,20-21H2,1-6H3/t27-,28+,37?. The molecule has 0 aliphatic carbocycles. The van der Waals surface area contributed by atoms with Crippen LogP contribution < -0.4 is 15.9 Å². The summed E-state index contributed by atoms with van der Waals surface area (Å²) in [6.07, 6.45) is 0. The Morgan fingerprint density at radius 2 is 1.00 bits per heavy atom. The summed E-state index contributed by atoms with van der Waals surface area (Å²) < 4.78 is 12.5. The molecule has 0 N–H and O–H groups in total. The van der Waals surface area contributed by atoms with Crippen LogP contribution in [0.25, 0.3) is 0 Å². The summed E-state index contributed by atoms with van der Waals surface area (Å²) in [4.78, 5) is 10.1. The topological polar surface area (TPSA) is 43.2 Å². The molecule has 1 unspecified atom stereocenters. The summed E-state index contributed by atoms with van der Waals surface area (Å²) in [5.74, 6) is 1.50. The minimum Gasteiger partial charge on any atom is -0.475 e. The lowest BCUT2D eigenvalue weighted by Crippen LogP contribution is -2.28. The lowest BCUT2D eigenvalue weighted by Gasteiger charge is -2.24. The van der Waals surface area contributed by atoms with Gasteiger partial charge in [-0.25, -0.2) is 9.98 Å². The molecule has 0 aromatic heterocycles. The van der Waals surface area contributed by atoms with Crippen LogP contribution in [0.4, 0.5) is 0 Å². The Kier molecular flexibility index (Phi) is 6.98. The van der Waals surface area contributed by atoms with E-state index in [2.05, 4.69) is 120 Å². The zero-order chi connectivity index (χ0) is 26.2.